The van der Waals surface area contributed by atoms with Crippen molar-refractivity contribution in [1.82, 2.24) is 15.2 Å². The van der Waals surface area contributed by atoms with Crippen LogP contribution in [-0.2, 0) is 31.8 Å². The Bertz CT molecular complexity index is 2130. The molecule has 1 aromatic heterocycles. The number of ether oxygens (including phenoxy) is 1. The maximum Gasteiger partial charge on any atom is 0.419 e. The second-order valence-corrected chi connectivity index (χ2v) is 15.8. The number of hydrogen-bond acceptors (Lipinski definition) is 11. The van der Waals surface area contributed by atoms with E-state index in [0.29, 0.717) is 35.7 Å². The van der Waals surface area contributed by atoms with Crippen molar-refractivity contribution in [3.8, 4) is 11.8 Å². The number of imide groups is 1. The SMILES string of the molecule is CCc1cc(N2C(S)N(c3cnc(C#N)c(C(F)(F)F)c3)C(=O)C2(C)C)ccc1OC1CC2CCC(C1)N2CC(=O)Nc1cccc(NC2CCC(=O)NC2=O)c1. The van der Waals surface area contributed by atoms with E-state index in [-0.39, 0.29) is 54.6 Å². The molecule has 4 aliphatic rings. The molecule has 0 aliphatic carbocycles. The third-order valence-electron chi connectivity index (χ3n) is 11.3. The Labute approximate surface area is 333 Å². The van der Waals surface area contributed by atoms with Crippen molar-refractivity contribution in [3.05, 3.63) is 71.5 Å². The van der Waals surface area contributed by atoms with Crippen molar-refractivity contribution < 1.29 is 37.1 Å². The molecule has 0 radical (unpaired) electrons. The van der Waals surface area contributed by atoms with E-state index in [1.807, 2.05) is 25.1 Å². The third-order valence-corrected chi connectivity index (χ3v) is 11.7. The first-order chi connectivity index (χ1) is 27.1. The number of aromatic nitrogens is 1. The number of carbonyl (C=O) groups excluding carboxylic acids is 4. The summed E-state index contributed by atoms with van der Waals surface area (Å²) in [7, 11) is 0. The van der Waals surface area contributed by atoms with Crippen LogP contribution in [-0.4, -0.2) is 75.3 Å². The van der Waals surface area contributed by atoms with Gasteiger partial charge in [0.15, 0.2) is 11.2 Å². The van der Waals surface area contributed by atoms with E-state index in [2.05, 4.69) is 25.8 Å². The minimum atomic E-state index is -4.84. The number of nitrogens with one attached hydrogen (secondary N) is 3. The van der Waals surface area contributed by atoms with E-state index in [9.17, 15) is 37.6 Å². The first-order valence-electron chi connectivity index (χ1n) is 18.9. The monoisotopic (exact) mass is 804 g/mol. The number of pyridine rings is 1. The molecule has 4 unspecified atom stereocenters. The highest BCUT2D eigenvalue weighted by molar-refractivity contribution is 7.81. The molecular formula is C40H43F3N8O5S. The van der Waals surface area contributed by atoms with Crippen LogP contribution in [0.3, 0.4) is 0 Å². The van der Waals surface area contributed by atoms with Gasteiger partial charge < -0.3 is 20.3 Å². The summed E-state index contributed by atoms with van der Waals surface area (Å²) in [6, 6.07) is 14.7. The molecule has 0 spiro atoms. The minimum absolute atomic E-state index is 0.0855. The number of aryl methyl sites for hydroxylation is 1. The molecule has 17 heteroatoms. The second-order valence-electron chi connectivity index (χ2n) is 15.3. The van der Waals surface area contributed by atoms with E-state index in [4.69, 9.17) is 17.4 Å². The molecule has 13 nitrogen and oxygen atoms in total. The number of carbonyl (C=O) groups is 4. The van der Waals surface area contributed by atoms with Gasteiger partial charge in [-0.3, -0.25) is 34.3 Å². The molecule has 0 saturated carbocycles. The lowest BCUT2D eigenvalue weighted by Crippen LogP contribution is -2.49. The van der Waals surface area contributed by atoms with Gasteiger partial charge in [0.2, 0.25) is 17.7 Å². The largest absolute Gasteiger partial charge is 0.490 e. The van der Waals surface area contributed by atoms with E-state index in [0.717, 1.165) is 48.4 Å². The van der Waals surface area contributed by atoms with Crippen LogP contribution in [0.4, 0.5) is 35.9 Å². The summed E-state index contributed by atoms with van der Waals surface area (Å²) in [6.07, 6.45) is 0.772. The van der Waals surface area contributed by atoms with Gasteiger partial charge in [-0.1, -0.05) is 13.0 Å². The molecule has 2 aromatic carbocycles. The predicted molar refractivity (Wildman–Crippen MR) is 209 cm³/mol. The van der Waals surface area contributed by atoms with Crippen LogP contribution >= 0.6 is 12.6 Å². The Morgan fingerprint density at radius 2 is 1.77 bits per heavy atom. The molecule has 4 amide bonds. The number of amides is 4. The second kappa shape index (κ2) is 15.5. The lowest BCUT2D eigenvalue weighted by molar-refractivity contribution is -0.138. The number of benzene rings is 2. The Morgan fingerprint density at radius 1 is 1.05 bits per heavy atom. The van der Waals surface area contributed by atoms with Crippen LogP contribution < -0.4 is 30.5 Å². The van der Waals surface area contributed by atoms with Crippen molar-refractivity contribution in [3.63, 3.8) is 0 Å². The van der Waals surface area contributed by atoms with E-state index >= 15 is 0 Å². The van der Waals surface area contributed by atoms with Gasteiger partial charge in [0.25, 0.3) is 5.91 Å². The fraction of sp³-hybridized carbons (Fsp3) is 0.450. The number of rotatable bonds is 10. The zero-order valence-corrected chi connectivity index (χ0v) is 32.5. The summed E-state index contributed by atoms with van der Waals surface area (Å²) >= 11 is 4.72. The predicted octanol–water partition coefficient (Wildman–Crippen LogP) is 5.61. The molecule has 7 rings (SSSR count). The smallest absolute Gasteiger partial charge is 0.419 e. The van der Waals surface area contributed by atoms with Gasteiger partial charge in [-0.2, -0.15) is 18.4 Å². The van der Waals surface area contributed by atoms with Crippen LogP contribution in [0.25, 0.3) is 0 Å². The molecule has 4 saturated heterocycles. The van der Waals surface area contributed by atoms with Gasteiger partial charge in [-0.25, -0.2) is 4.98 Å². The molecule has 3 aromatic rings. The highest BCUT2D eigenvalue weighted by Crippen LogP contribution is 2.44. The number of thiol groups is 1. The average Bonchev–Trinajstić information content (AvgIpc) is 3.48. The summed E-state index contributed by atoms with van der Waals surface area (Å²) in [5.41, 5.74) is -1.52. The Morgan fingerprint density at radius 3 is 2.44 bits per heavy atom. The maximum absolute atomic E-state index is 13.8. The fourth-order valence-corrected chi connectivity index (χ4v) is 9.12. The summed E-state index contributed by atoms with van der Waals surface area (Å²) in [6.45, 7) is 5.57. The van der Waals surface area contributed by atoms with Gasteiger partial charge in [0, 0.05) is 35.6 Å². The molecule has 57 heavy (non-hydrogen) atoms. The summed E-state index contributed by atoms with van der Waals surface area (Å²) in [4.78, 5) is 59.5. The van der Waals surface area contributed by atoms with Crippen LogP contribution in [0.5, 0.6) is 5.75 Å². The minimum Gasteiger partial charge on any atom is -0.490 e. The fourth-order valence-electron chi connectivity index (χ4n) is 8.45. The lowest BCUT2D eigenvalue weighted by atomic mass is 9.99. The average molecular weight is 805 g/mol. The van der Waals surface area contributed by atoms with Crippen molar-refractivity contribution in [1.29, 1.82) is 5.26 Å². The van der Waals surface area contributed by atoms with Crippen molar-refractivity contribution in [2.45, 2.75) is 107 Å². The lowest BCUT2D eigenvalue weighted by Gasteiger charge is -2.39. The topological polar surface area (TPSA) is 160 Å². The number of nitrogens with zero attached hydrogens (tertiary/aromatic N) is 5. The van der Waals surface area contributed by atoms with Crippen molar-refractivity contribution in [2.75, 3.05) is 27.0 Å². The summed E-state index contributed by atoms with van der Waals surface area (Å²) < 4.78 is 48.0. The number of halogens is 3. The van der Waals surface area contributed by atoms with Gasteiger partial charge in [-0.15, -0.1) is 12.6 Å². The quantitative estimate of drug-likeness (QED) is 0.150. The molecule has 4 fully saturated rings. The van der Waals surface area contributed by atoms with Gasteiger partial charge in [-0.05, 0) is 100 Å². The first-order valence-corrected chi connectivity index (χ1v) is 19.4. The molecular weight excluding hydrogens is 762 g/mol. The Balaban J connectivity index is 0.991. The zero-order chi connectivity index (χ0) is 40.8. The third kappa shape index (κ3) is 7.97. The van der Waals surface area contributed by atoms with Crippen molar-refractivity contribution in [2.24, 2.45) is 0 Å². The summed E-state index contributed by atoms with van der Waals surface area (Å²) in [5, 5.41) is 17.7. The summed E-state index contributed by atoms with van der Waals surface area (Å²) in [5.74, 6) is -0.583. The Hall–Kier alpha value is -5.34. The number of anilines is 4. The van der Waals surface area contributed by atoms with Gasteiger partial charge in [0.1, 0.15) is 29.5 Å². The van der Waals surface area contributed by atoms with Crippen LogP contribution in [0.2, 0.25) is 0 Å². The van der Waals surface area contributed by atoms with Crippen LogP contribution in [0, 0.1) is 11.3 Å². The number of hydrogen-bond donors (Lipinski definition) is 4. The number of alkyl halides is 3. The molecule has 4 aliphatic heterocycles. The standard InChI is InChI=1S/C40H43F3N8O5S/c1-4-22-14-27(51-38(57)50(37(55)39(51,2)3)28-18-30(40(41,42)43)32(19-44)45-20-28)10-12-33(22)56-29-16-25-8-9-26(17-29)49(25)21-35(53)47-24-7-5-6-23(15-24)46-31-11-13-34(52)48-36(31)54/h5-7,10,12,14-15,18,20,25-26,29,31,38,46,57H,4,8-9,11,13,16-17,21H2,1-3H3,(H,47,53)(H,48,52,54). The Kier molecular flexibility index (Phi) is 10.9. The van der Waals surface area contributed by atoms with E-state index in [1.54, 1.807) is 43.0 Å². The zero-order valence-electron chi connectivity index (χ0n) is 31.6. The van der Waals surface area contributed by atoms with E-state index < -0.39 is 40.4 Å². The van der Waals surface area contributed by atoms with Crippen molar-refractivity contribution >= 4 is 59.0 Å². The molecule has 300 valence electrons. The normalized spacial score (nSPS) is 24.6. The highest BCUT2D eigenvalue weighted by Gasteiger charge is 2.52. The molecule has 2 bridgehead atoms. The highest BCUT2D eigenvalue weighted by atomic mass is 32.1. The molecule has 5 heterocycles. The number of fused-ring (bicyclic) bond motifs is 2. The van der Waals surface area contributed by atoms with Gasteiger partial charge in [0.05, 0.1) is 24.0 Å². The molecule has 3 N–H and O–H groups in total. The number of nitriles is 1. The first kappa shape index (κ1) is 39.9. The van der Waals surface area contributed by atoms with Crippen LogP contribution in [0.15, 0.2) is 54.7 Å². The van der Waals surface area contributed by atoms with Gasteiger partial charge >= 0.3 is 6.18 Å². The maximum atomic E-state index is 13.8. The molecule has 4 atom stereocenters. The number of piperidine rings is 2. The van der Waals surface area contributed by atoms with Crippen LogP contribution in [0.1, 0.15) is 76.1 Å². The van der Waals surface area contributed by atoms with E-state index in [1.165, 1.54) is 6.07 Å².